The zero-order valence-electron chi connectivity index (χ0n) is 14.4. The van der Waals surface area contributed by atoms with Gasteiger partial charge in [0.25, 0.3) is 0 Å². The lowest BCUT2D eigenvalue weighted by atomic mass is 10.2. The summed E-state index contributed by atoms with van der Waals surface area (Å²) in [4.78, 5) is 16.0. The van der Waals surface area contributed by atoms with Crippen molar-refractivity contribution in [2.45, 2.75) is 26.4 Å². The largest absolute Gasteiger partial charge is 0.449 e. The summed E-state index contributed by atoms with van der Waals surface area (Å²) in [6, 6.07) is 8.09. The minimum atomic E-state index is -0.455. The van der Waals surface area contributed by atoms with Gasteiger partial charge in [-0.1, -0.05) is 25.5 Å². The van der Waals surface area contributed by atoms with E-state index in [0.717, 1.165) is 37.2 Å². The van der Waals surface area contributed by atoms with E-state index in [2.05, 4.69) is 11.8 Å². The Morgan fingerprint density at radius 3 is 2.46 bits per heavy atom. The molecule has 0 N–H and O–H groups in total. The number of nitrogens with zero attached hydrogens (tertiary/aromatic N) is 2. The van der Waals surface area contributed by atoms with Crippen LogP contribution in [-0.2, 0) is 16.1 Å². The highest BCUT2D eigenvalue weighted by Crippen LogP contribution is 2.18. The summed E-state index contributed by atoms with van der Waals surface area (Å²) < 4.78 is 22.5. The van der Waals surface area contributed by atoms with Gasteiger partial charge in [-0.2, -0.15) is 0 Å². The molecule has 1 saturated heterocycles. The fourth-order valence-corrected chi connectivity index (χ4v) is 2.59. The molecule has 0 saturated carbocycles. The molecule has 1 fully saturated rings. The average Bonchev–Trinajstić information content (AvgIpc) is 2.63. The molecule has 1 aromatic rings. The van der Waals surface area contributed by atoms with Crippen molar-refractivity contribution in [3.05, 3.63) is 29.8 Å². The van der Waals surface area contributed by atoms with E-state index in [9.17, 15) is 9.18 Å². The molecular formula is C18H27FN2O3. The van der Waals surface area contributed by atoms with Crippen LogP contribution in [0.2, 0.25) is 0 Å². The number of benzene rings is 1. The number of unbranched alkanes of at least 4 members (excludes halogenated alkanes) is 1. The van der Waals surface area contributed by atoms with Gasteiger partial charge in [0.2, 0.25) is 0 Å². The molecule has 24 heavy (non-hydrogen) atoms. The minimum Gasteiger partial charge on any atom is -0.449 e. The first kappa shape index (κ1) is 18.5. The molecular weight excluding hydrogens is 311 g/mol. The fourth-order valence-electron chi connectivity index (χ4n) is 2.59. The highest BCUT2D eigenvalue weighted by molar-refractivity contribution is 5.68. The molecule has 6 heteroatoms. The maximum atomic E-state index is 12.0. The molecule has 0 bridgehead atoms. The van der Waals surface area contributed by atoms with Crippen LogP contribution < -0.4 is 4.90 Å². The summed E-state index contributed by atoms with van der Waals surface area (Å²) >= 11 is 0. The number of carbonyl (C=O) groups is 1. The van der Waals surface area contributed by atoms with Crippen molar-refractivity contribution in [1.29, 1.82) is 0 Å². The number of carbonyl (C=O) groups excluding carboxylic acids is 1. The Hall–Kier alpha value is -1.82. The molecule has 1 amide bonds. The van der Waals surface area contributed by atoms with Gasteiger partial charge in [-0.15, -0.1) is 0 Å². The maximum absolute atomic E-state index is 12.0. The van der Waals surface area contributed by atoms with E-state index in [-0.39, 0.29) is 12.7 Å². The van der Waals surface area contributed by atoms with Crippen LogP contribution in [0.4, 0.5) is 14.9 Å². The number of anilines is 1. The third-order valence-electron chi connectivity index (χ3n) is 4.05. The molecule has 0 aromatic heterocycles. The molecule has 134 valence electrons. The minimum absolute atomic E-state index is 0.137. The van der Waals surface area contributed by atoms with Gasteiger partial charge >= 0.3 is 6.09 Å². The monoisotopic (exact) mass is 338 g/mol. The molecule has 1 aliphatic rings. The number of hydrogen-bond acceptors (Lipinski definition) is 4. The molecule has 1 aromatic carbocycles. The first-order valence-corrected chi connectivity index (χ1v) is 8.64. The van der Waals surface area contributed by atoms with E-state index in [0.29, 0.717) is 26.3 Å². The van der Waals surface area contributed by atoms with Gasteiger partial charge in [0, 0.05) is 31.9 Å². The van der Waals surface area contributed by atoms with Crippen molar-refractivity contribution < 1.29 is 18.7 Å². The normalized spacial score (nSPS) is 14.8. The lowest BCUT2D eigenvalue weighted by Gasteiger charge is -2.35. The SMILES string of the molecule is CCCCOC(=O)N1CCN(c2ccc(COCCF)cc2)CC1. The molecule has 0 aliphatic carbocycles. The van der Waals surface area contributed by atoms with Crippen molar-refractivity contribution in [3.8, 4) is 0 Å². The number of rotatable bonds is 8. The van der Waals surface area contributed by atoms with Gasteiger partial charge in [-0.3, -0.25) is 0 Å². The van der Waals surface area contributed by atoms with Crippen LogP contribution >= 0.6 is 0 Å². The lowest BCUT2D eigenvalue weighted by Crippen LogP contribution is -2.49. The van der Waals surface area contributed by atoms with Crippen molar-refractivity contribution >= 4 is 11.8 Å². The Kier molecular flexibility index (Phi) is 7.82. The van der Waals surface area contributed by atoms with Crippen molar-refractivity contribution in [2.24, 2.45) is 0 Å². The number of piperazine rings is 1. The average molecular weight is 338 g/mol. The van der Waals surface area contributed by atoms with E-state index in [1.54, 1.807) is 4.90 Å². The molecule has 5 nitrogen and oxygen atoms in total. The summed E-state index contributed by atoms with van der Waals surface area (Å²) in [6.07, 6.45) is 1.73. The second-order valence-corrected chi connectivity index (χ2v) is 5.85. The van der Waals surface area contributed by atoms with Gasteiger partial charge in [0.1, 0.15) is 6.67 Å². The second kappa shape index (κ2) is 10.1. The van der Waals surface area contributed by atoms with E-state index in [1.807, 2.05) is 24.3 Å². The standard InChI is InChI=1S/C18H27FN2O3/c1-2-3-13-24-18(22)21-11-9-20(10-12-21)17-6-4-16(5-7-17)15-23-14-8-19/h4-7H,2-3,8-15H2,1H3. The van der Waals surface area contributed by atoms with Gasteiger partial charge < -0.3 is 19.3 Å². The third-order valence-corrected chi connectivity index (χ3v) is 4.05. The fraction of sp³-hybridized carbons (Fsp3) is 0.611. The first-order chi connectivity index (χ1) is 11.7. The lowest BCUT2D eigenvalue weighted by molar-refractivity contribution is 0.0989. The predicted octanol–water partition coefficient (Wildman–Crippen LogP) is 3.23. The number of ether oxygens (including phenoxy) is 2. The van der Waals surface area contributed by atoms with Gasteiger partial charge in [-0.25, -0.2) is 9.18 Å². The van der Waals surface area contributed by atoms with E-state index >= 15 is 0 Å². The summed E-state index contributed by atoms with van der Waals surface area (Å²) in [5.41, 5.74) is 2.16. The first-order valence-electron chi connectivity index (χ1n) is 8.64. The number of hydrogen-bond donors (Lipinski definition) is 0. The van der Waals surface area contributed by atoms with Crippen LogP contribution in [0, 0.1) is 0 Å². The van der Waals surface area contributed by atoms with Gasteiger partial charge in [0.15, 0.2) is 0 Å². The van der Waals surface area contributed by atoms with Crippen molar-refractivity contribution in [2.75, 3.05) is 51.0 Å². The Morgan fingerprint density at radius 2 is 1.83 bits per heavy atom. The molecule has 2 rings (SSSR count). The van der Waals surface area contributed by atoms with Crippen LogP contribution in [0.15, 0.2) is 24.3 Å². The van der Waals surface area contributed by atoms with Crippen molar-refractivity contribution in [3.63, 3.8) is 0 Å². The van der Waals surface area contributed by atoms with Gasteiger partial charge in [0.05, 0.1) is 19.8 Å². The zero-order valence-corrected chi connectivity index (χ0v) is 14.4. The smallest absolute Gasteiger partial charge is 0.409 e. The van der Waals surface area contributed by atoms with E-state index < -0.39 is 6.67 Å². The van der Waals surface area contributed by atoms with Crippen LogP contribution in [0.3, 0.4) is 0 Å². The van der Waals surface area contributed by atoms with Crippen molar-refractivity contribution in [1.82, 2.24) is 4.90 Å². The topological polar surface area (TPSA) is 42.0 Å². The van der Waals surface area contributed by atoms with Gasteiger partial charge in [-0.05, 0) is 24.1 Å². The Morgan fingerprint density at radius 1 is 1.12 bits per heavy atom. The predicted molar refractivity (Wildman–Crippen MR) is 92.1 cm³/mol. The second-order valence-electron chi connectivity index (χ2n) is 5.85. The summed E-state index contributed by atoms with van der Waals surface area (Å²) in [6.45, 7) is 5.62. The van der Waals surface area contributed by atoms with Crippen LogP contribution in [-0.4, -0.2) is 57.1 Å². The number of alkyl halides is 1. The van der Waals surface area contributed by atoms with Crippen LogP contribution in [0.1, 0.15) is 25.3 Å². The number of halogens is 1. The Labute approximate surface area is 143 Å². The van der Waals surface area contributed by atoms with E-state index in [1.165, 1.54) is 0 Å². The quantitative estimate of drug-likeness (QED) is 0.683. The van der Waals surface area contributed by atoms with E-state index in [4.69, 9.17) is 9.47 Å². The molecule has 0 spiro atoms. The highest BCUT2D eigenvalue weighted by atomic mass is 19.1. The molecule has 1 aliphatic heterocycles. The number of amides is 1. The highest BCUT2D eigenvalue weighted by Gasteiger charge is 2.22. The molecule has 0 atom stereocenters. The third kappa shape index (κ3) is 5.67. The summed E-state index contributed by atoms with van der Waals surface area (Å²) in [5.74, 6) is 0. The summed E-state index contributed by atoms with van der Waals surface area (Å²) in [5, 5.41) is 0. The maximum Gasteiger partial charge on any atom is 0.409 e. The molecule has 1 heterocycles. The Bertz CT molecular complexity index is 488. The Balaban J connectivity index is 1.76. The van der Waals surface area contributed by atoms with Crippen LogP contribution in [0.25, 0.3) is 0 Å². The zero-order chi connectivity index (χ0) is 17.2. The van der Waals surface area contributed by atoms with Crippen LogP contribution in [0.5, 0.6) is 0 Å². The molecule has 0 unspecified atom stereocenters. The molecule has 0 radical (unpaired) electrons. The summed E-state index contributed by atoms with van der Waals surface area (Å²) in [7, 11) is 0.